The van der Waals surface area contributed by atoms with Gasteiger partial charge in [0.15, 0.2) is 5.82 Å². The smallest absolute Gasteiger partial charge is 0.160 e. The summed E-state index contributed by atoms with van der Waals surface area (Å²) in [7, 11) is 0. The largest absolute Gasteiger partial charge is 0.309 e. The number of fused-ring (bicyclic) bond motifs is 8. The van der Waals surface area contributed by atoms with E-state index in [2.05, 4.69) is 247 Å². The molecule has 14 aromatic rings. The van der Waals surface area contributed by atoms with Crippen LogP contribution >= 0.6 is 0 Å². The van der Waals surface area contributed by atoms with Gasteiger partial charge in [0.05, 0.1) is 22.4 Å². The summed E-state index contributed by atoms with van der Waals surface area (Å²) in [4.78, 5) is 10.5. The average molecular weight is 902 g/mol. The number of rotatable bonds is 7. The molecule has 0 amide bonds. The standard InChI is InChI=1S/C68H43N3/c1-2-15-50(16-3-1)68-69-63(48-34-37-52(38-35-48)71-65-24-12-10-22-59(65)60-23-11-13-25-66(60)71)43-64(70-68)58-41-40-54(56-20-8-9-21-57(56)58)47-30-26-44(27-31-47)45-28-32-49(33-29-45)67-55-19-7-5-17-51(55)42-62-53-18-6-4-14-46(53)36-39-61(62)67/h1-43H. The molecular weight excluding hydrogens is 859 g/mol. The number of aromatic nitrogens is 3. The first-order chi connectivity index (χ1) is 35.2. The minimum absolute atomic E-state index is 0.695. The number of hydrogen-bond donors (Lipinski definition) is 0. The van der Waals surface area contributed by atoms with Crippen LogP contribution in [0.5, 0.6) is 0 Å². The van der Waals surface area contributed by atoms with E-state index >= 15 is 0 Å². The minimum atomic E-state index is 0.695. The highest BCUT2D eigenvalue weighted by atomic mass is 15.0. The molecule has 0 radical (unpaired) electrons. The van der Waals surface area contributed by atoms with Crippen LogP contribution in [0.15, 0.2) is 261 Å². The topological polar surface area (TPSA) is 30.7 Å². The van der Waals surface area contributed by atoms with Crippen LogP contribution in [-0.4, -0.2) is 14.5 Å². The Balaban J connectivity index is 0.809. The van der Waals surface area contributed by atoms with E-state index in [0.29, 0.717) is 5.82 Å². The zero-order chi connectivity index (χ0) is 46.8. The van der Waals surface area contributed by atoms with Crippen LogP contribution in [0.1, 0.15) is 0 Å². The van der Waals surface area contributed by atoms with Crippen LogP contribution in [0.2, 0.25) is 0 Å². The lowest BCUT2D eigenvalue weighted by atomic mass is 9.89. The van der Waals surface area contributed by atoms with Crippen LogP contribution in [0.3, 0.4) is 0 Å². The van der Waals surface area contributed by atoms with Gasteiger partial charge in [-0.15, -0.1) is 0 Å². The summed E-state index contributed by atoms with van der Waals surface area (Å²) in [5.41, 5.74) is 15.5. The highest BCUT2D eigenvalue weighted by Crippen LogP contribution is 2.42. The molecule has 0 bridgehead atoms. The summed E-state index contributed by atoms with van der Waals surface area (Å²) < 4.78 is 2.35. The number of benzene rings is 12. The van der Waals surface area contributed by atoms with Gasteiger partial charge in [0.2, 0.25) is 0 Å². The monoisotopic (exact) mass is 901 g/mol. The summed E-state index contributed by atoms with van der Waals surface area (Å²) in [6, 6.07) is 94.2. The van der Waals surface area contributed by atoms with Gasteiger partial charge < -0.3 is 4.57 Å². The van der Waals surface area contributed by atoms with Gasteiger partial charge in [0, 0.05) is 33.2 Å². The first-order valence-electron chi connectivity index (χ1n) is 24.3. The van der Waals surface area contributed by atoms with Gasteiger partial charge in [-0.2, -0.15) is 0 Å². The van der Waals surface area contributed by atoms with E-state index in [0.717, 1.165) is 39.2 Å². The summed E-state index contributed by atoms with van der Waals surface area (Å²) in [5.74, 6) is 0.695. The fourth-order valence-electron chi connectivity index (χ4n) is 11.0. The second-order valence-corrected chi connectivity index (χ2v) is 18.5. The normalized spacial score (nSPS) is 11.7. The lowest BCUT2D eigenvalue weighted by Gasteiger charge is -2.15. The van der Waals surface area contributed by atoms with Crippen LogP contribution in [-0.2, 0) is 0 Å². The van der Waals surface area contributed by atoms with Crippen molar-refractivity contribution in [3.05, 3.63) is 261 Å². The molecule has 0 aliphatic rings. The Morgan fingerprint density at radius 3 is 1.45 bits per heavy atom. The van der Waals surface area contributed by atoms with Crippen molar-refractivity contribution in [3.63, 3.8) is 0 Å². The maximum absolute atomic E-state index is 5.28. The van der Waals surface area contributed by atoms with Crippen LogP contribution in [0.4, 0.5) is 0 Å². The molecule has 0 aliphatic heterocycles. The van der Waals surface area contributed by atoms with Gasteiger partial charge in [0.1, 0.15) is 0 Å². The molecule has 3 heteroatoms. The van der Waals surface area contributed by atoms with Crippen molar-refractivity contribution >= 4 is 64.9 Å². The maximum atomic E-state index is 5.28. The zero-order valence-electron chi connectivity index (χ0n) is 38.7. The Morgan fingerprint density at radius 2 is 0.761 bits per heavy atom. The highest BCUT2D eigenvalue weighted by molar-refractivity contribution is 6.20. The van der Waals surface area contributed by atoms with Crippen molar-refractivity contribution < 1.29 is 0 Å². The predicted octanol–water partition coefficient (Wildman–Crippen LogP) is 18.2. The third-order valence-corrected chi connectivity index (χ3v) is 14.4. The zero-order valence-corrected chi connectivity index (χ0v) is 38.7. The average Bonchev–Trinajstić information content (AvgIpc) is 3.79. The van der Waals surface area contributed by atoms with Gasteiger partial charge in [-0.1, -0.05) is 224 Å². The molecule has 71 heavy (non-hydrogen) atoms. The second-order valence-electron chi connectivity index (χ2n) is 18.5. The molecule has 0 fully saturated rings. The molecule has 330 valence electrons. The minimum Gasteiger partial charge on any atom is -0.309 e. The van der Waals surface area contributed by atoms with Crippen LogP contribution in [0.25, 0.3) is 138 Å². The summed E-state index contributed by atoms with van der Waals surface area (Å²) in [5, 5.41) is 12.4. The number of hydrogen-bond acceptors (Lipinski definition) is 2. The lowest BCUT2D eigenvalue weighted by Crippen LogP contribution is -1.97. The molecule has 0 unspecified atom stereocenters. The molecular formula is C68H43N3. The Labute approximate surface area is 411 Å². The lowest BCUT2D eigenvalue weighted by molar-refractivity contribution is 1.17. The van der Waals surface area contributed by atoms with Crippen molar-refractivity contribution in [3.8, 4) is 73.0 Å². The molecule has 0 saturated heterocycles. The molecule has 2 aromatic heterocycles. The first-order valence-corrected chi connectivity index (χ1v) is 24.3. The highest BCUT2D eigenvalue weighted by Gasteiger charge is 2.18. The van der Waals surface area contributed by atoms with E-state index in [1.54, 1.807) is 0 Å². The molecule has 0 atom stereocenters. The summed E-state index contributed by atoms with van der Waals surface area (Å²) in [6.07, 6.45) is 0. The molecule has 2 heterocycles. The quantitative estimate of drug-likeness (QED) is 0.118. The van der Waals surface area contributed by atoms with Gasteiger partial charge in [-0.05, 0) is 113 Å². The van der Waals surface area contributed by atoms with E-state index in [9.17, 15) is 0 Å². The fraction of sp³-hybridized carbons (Fsp3) is 0. The van der Waals surface area contributed by atoms with E-state index in [1.165, 1.54) is 92.9 Å². The van der Waals surface area contributed by atoms with Crippen molar-refractivity contribution in [1.82, 2.24) is 14.5 Å². The van der Waals surface area contributed by atoms with Crippen molar-refractivity contribution in [2.24, 2.45) is 0 Å². The summed E-state index contributed by atoms with van der Waals surface area (Å²) >= 11 is 0. The van der Waals surface area contributed by atoms with Crippen LogP contribution in [0, 0.1) is 0 Å². The van der Waals surface area contributed by atoms with Gasteiger partial charge >= 0.3 is 0 Å². The van der Waals surface area contributed by atoms with Gasteiger partial charge in [-0.3, -0.25) is 0 Å². The molecule has 12 aromatic carbocycles. The maximum Gasteiger partial charge on any atom is 0.160 e. The Hall–Kier alpha value is -9.44. The van der Waals surface area contributed by atoms with Crippen molar-refractivity contribution in [2.45, 2.75) is 0 Å². The van der Waals surface area contributed by atoms with Crippen molar-refractivity contribution in [2.75, 3.05) is 0 Å². The second kappa shape index (κ2) is 16.7. The van der Waals surface area contributed by atoms with E-state index in [-0.39, 0.29) is 0 Å². The summed E-state index contributed by atoms with van der Waals surface area (Å²) in [6.45, 7) is 0. The molecule has 0 spiro atoms. The predicted molar refractivity (Wildman–Crippen MR) is 299 cm³/mol. The van der Waals surface area contributed by atoms with Crippen LogP contribution < -0.4 is 0 Å². The SMILES string of the molecule is c1ccc(-c2nc(-c3ccc(-n4c5ccccc5c5ccccc54)cc3)cc(-c3ccc(-c4ccc(-c5ccc(-c6c7ccccc7cc7c6ccc6ccccc67)cc5)cc4)c4ccccc34)n2)cc1. The van der Waals surface area contributed by atoms with E-state index in [1.807, 2.05) is 18.2 Å². The fourth-order valence-corrected chi connectivity index (χ4v) is 11.0. The van der Waals surface area contributed by atoms with Gasteiger partial charge in [0.25, 0.3) is 0 Å². The molecule has 14 rings (SSSR count). The molecule has 0 N–H and O–H groups in total. The number of para-hydroxylation sites is 2. The molecule has 0 aliphatic carbocycles. The van der Waals surface area contributed by atoms with E-state index < -0.39 is 0 Å². The Kier molecular flexibility index (Phi) is 9.53. The Morgan fingerprint density at radius 1 is 0.254 bits per heavy atom. The third-order valence-electron chi connectivity index (χ3n) is 14.4. The number of nitrogens with zero attached hydrogens (tertiary/aromatic N) is 3. The third kappa shape index (κ3) is 6.89. The van der Waals surface area contributed by atoms with Gasteiger partial charge in [-0.25, -0.2) is 9.97 Å². The van der Waals surface area contributed by atoms with Crippen molar-refractivity contribution in [1.29, 1.82) is 0 Å². The van der Waals surface area contributed by atoms with E-state index in [4.69, 9.17) is 9.97 Å². The molecule has 0 saturated carbocycles. The Bertz CT molecular complexity index is 4310. The first kappa shape index (κ1) is 40.6. The molecule has 3 nitrogen and oxygen atoms in total.